The Morgan fingerprint density at radius 3 is 2.27 bits per heavy atom. The van der Waals surface area contributed by atoms with Crippen molar-refractivity contribution >= 4 is 11.4 Å². The van der Waals surface area contributed by atoms with Gasteiger partial charge in [0.25, 0.3) is 0 Å². The first-order valence-corrected chi connectivity index (χ1v) is 7.65. The zero-order valence-corrected chi connectivity index (χ0v) is 12.3. The normalized spacial score (nSPS) is 19.6. The first kappa shape index (κ1) is 13.4. The van der Waals surface area contributed by atoms with E-state index in [1.54, 1.807) is 12.1 Å². The van der Waals surface area contributed by atoms with Gasteiger partial charge >= 0.3 is 0 Å². The first-order valence-electron chi connectivity index (χ1n) is 7.65. The molecule has 1 aliphatic carbocycles. The highest BCUT2D eigenvalue weighted by Crippen LogP contribution is 2.50. The summed E-state index contributed by atoms with van der Waals surface area (Å²) in [6.45, 7) is 2.17. The molecule has 0 unspecified atom stereocenters. The molecule has 2 N–H and O–H groups in total. The highest BCUT2D eigenvalue weighted by atomic mass is 19.1. The molecule has 0 amide bonds. The topological polar surface area (TPSA) is 38.5 Å². The number of ether oxygens (including phenoxy) is 1. The zero-order chi connectivity index (χ0) is 15.2. The molecular weight excluding hydrogens is 279 g/mol. The van der Waals surface area contributed by atoms with E-state index in [2.05, 4.69) is 17.0 Å². The lowest BCUT2D eigenvalue weighted by molar-refractivity contribution is -0.0340. The maximum atomic E-state index is 12.9. The lowest BCUT2D eigenvalue weighted by Gasteiger charge is -2.59. The molecule has 1 saturated carbocycles. The second kappa shape index (κ2) is 4.90. The van der Waals surface area contributed by atoms with Gasteiger partial charge in [-0.25, -0.2) is 4.39 Å². The average Bonchev–Trinajstić information content (AvgIpc) is 2.43. The Kier molecular flexibility index (Phi) is 2.99. The van der Waals surface area contributed by atoms with Gasteiger partial charge in [-0.05, 0) is 61.4 Å². The van der Waals surface area contributed by atoms with Crippen molar-refractivity contribution in [2.75, 3.05) is 23.7 Å². The van der Waals surface area contributed by atoms with E-state index >= 15 is 0 Å². The summed E-state index contributed by atoms with van der Waals surface area (Å²) in [7, 11) is 0. The number of anilines is 2. The lowest BCUT2D eigenvalue weighted by Crippen LogP contribution is -2.64. The number of hydrogen-bond acceptors (Lipinski definition) is 3. The third-order valence-corrected chi connectivity index (χ3v) is 4.75. The molecule has 2 aliphatic rings. The summed E-state index contributed by atoms with van der Waals surface area (Å²) in [6.07, 6.45) is 2.42. The van der Waals surface area contributed by atoms with Crippen LogP contribution in [0.5, 0.6) is 5.75 Å². The summed E-state index contributed by atoms with van der Waals surface area (Å²) in [4.78, 5) is 2.38. The molecule has 1 heterocycles. The Labute approximate surface area is 129 Å². The number of nitrogens with two attached hydrogens (primary N) is 1. The first-order chi connectivity index (χ1) is 10.6. The molecule has 22 heavy (non-hydrogen) atoms. The quantitative estimate of drug-likeness (QED) is 0.882. The van der Waals surface area contributed by atoms with E-state index in [1.165, 1.54) is 17.8 Å². The van der Waals surface area contributed by atoms with Gasteiger partial charge in [0, 0.05) is 29.9 Å². The Morgan fingerprint density at radius 1 is 1.00 bits per heavy atom. The molecule has 2 aromatic carbocycles. The van der Waals surface area contributed by atoms with Crippen LogP contribution in [0.1, 0.15) is 12.8 Å². The highest BCUT2D eigenvalue weighted by Gasteiger charge is 2.53. The minimum Gasteiger partial charge on any atom is -0.490 e. The molecule has 0 aromatic heterocycles. The summed E-state index contributed by atoms with van der Waals surface area (Å²) < 4.78 is 18.8. The third-order valence-electron chi connectivity index (χ3n) is 4.75. The SMILES string of the molecule is Nc1ccc(N2CC3(CC(Oc4ccc(F)cc4)C3)C2)cc1. The molecular formula is C18H19FN2O. The molecule has 0 bridgehead atoms. The molecule has 3 nitrogen and oxygen atoms in total. The number of nitrogen functional groups attached to an aromatic ring is 1. The fourth-order valence-corrected chi connectivity index (χ4v) is 3.58. The minimum absolute atomic E-state index is 0.226. The van der Waals surface area contributed by atoms with Crippen molar-refractivity contribution < 1.29 is 9.13 Å². The van der Waals surface area contributed by atoms with Crippen LogP contribution in [0.4, 0.5) is 15.8 Å². The monoisotopic (exact) mass is 298 g/mol. The lowest BCUT2D eigenvalue weighted by atomic mass is 9.61. The summed E-state index contributed by atoms with van der Waals surface area (Å²) in [5.41, 5.74) is 8.17. The van der Waals surface area contributed by atoms with Gasteiger partial charge in [-0.3, -0.25) is 0 Å². The number of nitrogens with zero attached hydrogens (tertiary/aromatic N) is 1. The Hall–Kier alpha value is -2.23. The van der Waals surface area contributed by atoms with Gasteiger partial charge in [0.15, 0.2) is 0 Å². The second-order valence-corrected chi connectivity index (χ2v) is 6.55. The van der Waals surface area contributed by atoms with E-state index in [9.17, 15) is 4.39 Å². The van der Waals surface area contributed by atoms with Crippen molar-refractivity contribution in [1.82, 2.24) is 0 Å². The molecule has 2 fully saturated rings. The predicted octanol–water partition coefficient (Wildman–Crippen LogP) is 3.46. The van der Waals surface area contributed by atoms with Crippen LogP contribution in [0.25, 0.3) is 0 Å². The van der Waals surface area contributed by atoms with Gasteiger partial charge in [0.05, 0.1) is 0 Å². The number of halogens is 1. The average molecular weight is 298 g/mol. The molecule has 1 spiro atoms. The number of hydrogen-bond donors (Lipinski definition) is 1. The Balaban J connectivity index is 1.29. The maximum Gasteiger partial charge on any atom is 0.123 e. The van der Waals surface area contributed by atoms with Gasteiger partial charge in [-0.1, -0.05) is 0 Å². The molecule has 4 heteroatoms. The van der Waals surface area contributed by atoms with E-state index in [0.29, 0.717) is 5.41 Å². The smallest absolute Gasteiger partial charge is 0.123 e. The molecule has 2 aromatic rings. The molecule has 1 saturated heterocycles. The van der Waals surface area contributed by atoms with Crippen molar-refractivity contribution in [3.63, 3.8) is 0 Å². The molecule has 114 valence electrons. The highest BCUT2D eigenvalue weighted by molar-refractivity contribution is 5.55. The van der Waals surface area contributed by atoms with Gasteiger partial charge < -0.3 is 15.4 Å². The van der Waals surface area contributed by atoms with E-state index < -0.39 is 0 Å². The fourth-order valence-electron chi connectivity index (χ4n) is 3.58. The Morgan fingerprint density at radius 2 is 1.64 bits per heavy atom. The van der Waals surface area contributed by atoms with Crippen molar-refractivity contribution in [1.29, 1.82) is 0 Å². The summed E-state index contributed by atoms with van der Waals surface area (Å²) in [5, 5.41) is 0. The van der Waals surface area contributed by atoms with Crippen molar-refractivity contribution in [3.8, 4) is 5.75 Å². The van der Waals surface area contributed by atoms with Crippen molar-refractivity contribution in [2.24, 2.45) is 5.41 Å². The molecule has 1 aliphatic heterocycles. The molecule has 0 radical (unpaired) electrons. The van der Waals surface area contributed by atoms with Gasteiger partial charge in [-0.2, -0.15) is 0 Å². The third kappa shape index (κ3) is 2.39. The number of benzene rings is 2. The van der Waals surface area contributed by atoms with Gasteiger partial charge in [0.2, 0.25) is 0 Å². The second-order valence-electron chi connectivity index (χ2n) is 6.55. The summed E-state index contributed by atoms with van der Waals surface area (Å²) in [6, 6.07) is 14.3. The van der Waals surface area contributed by atoms with E-state index in [4.69, 9.17) is 10.5 Å². The number of rotatable bonds is 3. The molecule has 0 atom stereocenters. The standard InChI is InChI=1S/C18H19FN2O/c19-13-1-7-16(8-2-13)22-17-9-18(10-17)11-21(12-18)15-5-3-14(20)4-6-15/h1-8,17H,9-12,20H2. The van der Waals surface area contributed by atoms with Crippen LogP contribution in [-0.4, -0.2) is 19.2 Å². The van der Waals surface area contributed by atoms with Crippen LogP contribution in [0.2, 0.25) is 0 Å². The molecule has 4 rings (SSSR count). The van der Waals surface area contributed by atoms with Crippen LogP contribution >= 0.6 is 0 Å². The fraction of sp³-hybridized carbons (Fsp3) is 0.333. The van der Waals surface area contributed by atoms with E-state index in [1.807, 2.05) is 12.1 Å². The largest absolute Gasteiger partial charge is 0.490 e. The van der Waals surface area contributed by atoms with Crippen molar-refractivity contribution in [3.05, 3.63) is 54.3 Å². The summed E-state index contributed by atoms with van der Waals surface area (Å²) in [5.74, 6) is 0.534. The Bertz CT molecular complexity index is 654. The predicted molar refractivity (Wildman–Crippen MR) is 85.6 cm³/mol. The minimum atomic E-state index is -0.226. The van der Waals surface area contributed by atoms with Gasteiger partial charge in [-0.15, -0.1) is 0 Å². The summed E-state index contributed by atoms with van der Waals surface area (Å²) >= 11 is 0. The van der Waals surface area contributed by atoms with Crippen LogP contribution in [0.3, 0.4) is 0 Å². The maximum absolute atomic E-state index is 12.9. The van der Waals surface area contributed by atoms with E-state index in [-0.39, 0.29) is 11.9 Å². The zero-order valence-electron chi connectivity index (χ0n) is 12.3. The van der Waals surface area contributed by atoms with Crippen LogP contribution < -0.4 is 15.4 Å². The van der Waals surface area contributed by atoms with Crippen LogP contribution in [0.15, 0.2) is 48.5 Å². The van der Waals surface area contributed by atoms with Crippen LogP contribution in [0, 0.1) is 11.2 Å². The van der Waals surface area contributed by atoms with Crippen molar-refractivity contribution in [2.45, 2.75) is 18.9 Å². The van der Waals surface area contributed by atoms with E-state index in [0.717, 1.165) is 37.4 Å². The van der Waals surface area contributed by atoms with Crippen LogP contribution in [-0.2, 0) is 0 Å². The van der Waals surface area contributed by atoms with Gasteiger partial charge in [0.1, 0.15) is 17.7 Å².